The minimum absolute atomic E-state index is 0.402. The highest BCUT2D eigenvalue weighted by molar-refractivity contribution is 5.40. The summed E-state index contributed by atoms with van der Waals surface area (Å²) in [7, 11) is 4.19. The van der Waals surface area contributed by atoms with Gasteiger partial charge >= 0.3 is 0 Å². The van der Waals surface area contributed by atoms with Crippen LogP contribution in [0, 0.1) is 5.92 Å². The highest BCUT2D eigenvalue weighted by Gasteiger charge is 2.12. The monoisotopic (exact) mass is 265 g/mol. The summed E-state index contributed by atoms with van der Waals surface area (Å²) >= 11 is 0. The molecule has 1 heterocycles. The van der Waals surface area contributed by atoms with Crippen LogP contribution in [0.2, 0.25) is 0 Å². The van der Waals surface area contributed by atoms with E-state index in [9.17, 15) is 0 Å². The summed E-state index contributed by atoms with van der Waals surface area (Å²) in [5, 5.41) is 6.64. The molecule has 0 saturated heterocycles. The second-order valence-corrected chi connectivity index (χ2v) is 5.53. The highest BCUT2D eigenvalue weighted by atomic mass is 15.2. The van der Waals surface area contributed by atoms with Crippen LogP contribution in [0.4, 0.5) is 11.8 Å². The summed E-state index contributed by atoms with van der Waals surface area (Å²) in [5.41, 5.74) is 0. The van der Waals surface area contributed by atoms with Crippen molar-refractivity contribution in [3.8, 4) is 0 Å². The van der Waals surface area contributed by atoms with Gasteiger partial charge in [-0.1, -0.05) is 13.8 Å². The number of hydrogen-bond donors (Lipinski definition) is 2. The predicted octanol–water partition coefficient (Wildman–Crippen LogP) is 2.30. The normalized spacial score (nSPS) is 12.8. The molecule has 1 rings (SSSR count). The smallest absolute Gasteiger partial charge is 0.224 e. The van der Waals surface area contributed by atoms with Crippen LogP contribution < -0.4 is 10.6 Å². The zero-order valence-electron chi connectivity index (χ0n) is 12.8. The lowest BCUT2D eigenvalue weighted by atomic mass is 10.0. The molecule has 0 aliphatic heterocycles. The molecule has 5 heteroatoms. The van der Waals surface area contributed by atoms with Crippen molar-refractivity contribution in [2.45, 2.75) is 33.2 Å². The first-order valence-corrected chi connectivity index (χ1v) is 6.99. The summed E-state index contributed by atoms with van der Waals surface area (Å²) in [6.45, 7) is 8.36. The molecule has 1 unspecified atom stereocenters. The van der Waals surface area contributed by atoms with Crippen LogP contribution in [0.25, 0.3) is 0 Å². The van der Waals surface area contributed by atoms with E-state index in [1.165, 1.54) is 0 Å². The number of anilines is 2. The Hall–Kier alpha value is -1.36. The van der Waals surface area contributed by atoms with Crippen LogP contribution in [-0.4, -0.2) is 48.1 Å². The van der Waals surface area contributed by atoms with Crippen LogP contribution in [0.1, 0.15) is 27.2 Å². The Balaban J connectivity index is 2.68. The molecule has 0 saturated carbocycles. The lowest BCUT2D eigenvalue weighted by Crippen LogP contribution is -2.33. The molecule has 1 atom stereocenters. The van der Waals surface area contributed by atoms with Gasteiger partial charge in [0.1, 0.15) is 5.82 Å². The number of rotatable bonds is 8. The van der Waals surface area contributed by atoms with Gasteiger partial charge < -0.3 is 15.5 Å². The van der Waals surface area contributed by atoms with Gasteiger partial charge in [-0.2, -0.15) is 4.98 Å². The van der Waals surface area contributed by atoms with Crippen molar-refractivity contribution in [3.63, 3.8) is 0 Å². The van der Waals surface area contributed by atoms with E-state index in [0.29, 0.717) is 17.9 Å². The second-order valence-electron chi connectivity index (χ2n) is 5.53. The maximum Gasteiger partial charge on any atom is 0.224 e. The Morgan fingerprint density at radius 1 is 1.32 bits per heavy atom. The highest BCUT2D eigenvalue weighted by Crippen LogP contribution is 2.12. The van der Waals surface area contributed by atoms with E-state index in [1.54, 1.807) is 6.20 Å². The van der Waals surface area contributed by atoms with Gasteiger partial charge in [0.15, 0.2) is 0 Å². The van der Waals surface area contributed by atoms with E-state index in [1.807, 2.05) is 13.0 Å². The van der Waals surface area contributed by atoms with Crippen LogP contribution >= 0.6 is 0 Å². The summed E-state index contributed by atoms with van der Waals surface area (Å²) in [6.07, 6.45) is 2.91. The lowest BCUT2D eigenvalue weighted by Gasteiger charge is -2.24. The first-order valence-electron chi connectivity index (χ1n) is 6.99. The fourth-order valence-corrected chi connectivity index (χ4v) is 2.08. The molecule has 0 aliphatic carbocycles. The molecule has 5 nitrogen and oxygen atoms in total. The lowest BCUT2D eigenvalue weighted by molar-refractivity contribution is 0.356. The molecule has 1 aromatic heterocycles. The van der Waals surface area contributed by atoms with Crippen LogP contribution in [0.5, 0.6) is 0 Å². The molecule has 0 fully saturated rings. The summed E-state index contributed by atoms with van der Waals surface area (Å²) in [6, 6.07) is 2.32. The van der Waals surface area contributed by atoms with Crippen LogP contribution in [0.15, 0.2) is 12.3 Å². The molecule has 19 heavy (non-hydrogen) atoms. The topological polar surface area (TPSA) is 53.1 Å². The van der Waals surface area contributed by atoms with Crippen molar-refractivity contribution in [1.29, 1.82) is 0 Å². The molecule has 0 amide bonds. The van der Waals surface area contributed by atoms with E-state index < -0.39 is 0 Å². The van der Waals surface area contributed by atoms with E-state index in [4.69, 9.17) is 0 Å². The van der Waals surface area contributed by atoms with E-state index in [-0.39, 0.29) is 0 Å². The fourth-order valence-electron chi connectivity index (χ4n) is 2.08. The van der Waals surface area contributed by atoms with Crippen LogP contribution in [0.3, 0.4) is 0 Å². The van der Waals surface area contributed by atoms with Crippen molar-refractivity contribution in [1.82, 2.24) is 14.9 Å². The third-order valence-electron chi connectivity index (χ3n) is 2.68. The van der Waals surface area contributed by atoms with E-state index >= 15 is 0 Å². The van der Waals surface area contributed by atoms with Gasteiger partial charge in [0, 0.05) is 25.3 Å². The minimum Gasteiger partial charge on any atom is -0.366 e. The standard InChI is InChI=1S/C14H27N5/c1-6-15-14-16-8-7-13(18-14)17-12(9-11(2)3)10-19(4)5/h7-8,11-12H,6,9-10H2,1-5H3,(H2,15,16,17,18). The van der Waals surface area contributed by atoms with E-state index in [2.05, 4.69) is 53.4 Å². The number of nitrogens with one attached hydrogen (secondary N) is 2. The van der Waals surface area contributed by atoms with E-state index in [0.717, 1.165) is 25.3 Å². The first-order chi connectivity index (χ1) is 9.01. The third-order valence-corrected chi connectivity index (χ3v) is 2.68. The maximum atomic E-state index is 4.47. The zero-order chi connectivity index (χ0) is 14.3. The van der Waals surface area contributed by atoms with Gasteiger partial charge in [-0.3, -0.25) is 0 Å². The minimum atomic E-state index is 0.402. The SMILES string of the molecule is CCNc1nccc(NC(CC(C)C)CN(C)C)n1. The fraction of sp³-hybridized carbons (Fsp3) is 0.714. The predicted molar refractivity (Wildman–Crippen MR) is 81.6 cm³/mol. The van der Waals surface area contributed by atoms with Gasteiger partial charge in [0.05, 0.1) is 0 Å². The largest absolute Gasteiger partial charge is 0.366 e. The number of likely N-dealkylation sites (N-methyl/N-ethyl adjacent to an activating group) is 1. The molecule has 0 aliphatic rings. The quantitative estimate of drug-likeness (QED) is 0.755. The second kappa shape index (κ2) is 7.94. The Morgan fingerprint density at radius 2 is 2.05 bits per heavy atom. The van der Waals surface area contributed by atoms with Crippen molar-refractivity contribution < 1.29 is 0 Å². The maximum absolute atomic E-state index is 4.47. The third kappa shape index (κ3) is 6.38. The van der Waals surface area contributed by atoms with Gasteiger partial charge in [0.25, 0.3) is 0 Å². The Morgan fingerprint density at radius 3 is 2.63 bits per heavy atom. The first kappa shape index (κ1) is 15.7. The van der Waals surface area contributed by atoms with Crippen molar-refractivity contribution in [2.75, 3.05) is 37.8 Å². The van der Waals surface area contributed by atoms with Crippen LogP contribution in [-0.2, 0) is 0 Å². The van der Waals surface area contributed by atoms with Gasteiger partial charge in [-0.25, -0.2) is 4.98 Å². The summed E-state index contributed by atoms with van der Waals surface area (Å²) in [4.78, 5) is 10.9. The van der Waals surface area contributed by atoms with Crippen molar-refractivity contribution in [3.05, 3.63) is 12.3 Å². The molecule has 108 valence electrons. The molecule has 0 spiro atoms. The van der Waals surface area contributed by atoms with Crippen molar-refractivity contribution >= 4 is 11.8 Å². The molecular weight excluding hydrogens is 238 g/mol. The van der Waals surface area contributed by atoms with Gasteiger partial charge in [0.2, 0.25) is 5.95 Å². The zero-order valence-corrected chi connectivity index (χ0v) is 12.8. The summed E-state index contributed by atoms with van der Waals surface area (Å²) in [5.74, 6) is 2.23. The average Bonchev–Trinajstić information content (AvgIpc) is 2.27. The number of nitrogens with zero attached hydrogens (tertiary/aromatic N) is 3. The Kier molecular flexibility index (Phi) is 6.56. The number of aromatic nitrogens is 2. The Bertz CT molecular complexity index is 355. The van der Waals surface area contributed by atoms with Gasteiger partial charge in [-0.15, -0.1) is 0 Å². The molecule has 1 aromatic rings. The van der Waals surface area contributed by atoms with Crippen molar-refractivity contribution in [2.24, 2.45) is 5.92 Å². The number of hydrogen-bond acceptors (Lipinski definition) is 5. The summed E-state index contributed by atoms with van der Waals surface area (Å²) < 4.78 is 0. The molecule has 0 aromatic carbocycles. The molecular formula is C14H27N5. The average molecular weight is 265 g/mol. The Labute approximate surface area is 116 Å². The van der Waals surface area contributed by atoms with Gasteiger partial charge in [-0.05, 0) is 39.4 Å². The molecule has 0 bridgehead atoms. The molecule has 0 radical (unpaired) electrons. The molecule has 2 N–H and O–H groups in total.